The van der Waals surface area contributed by atoms with E-state index in [0.29, 0.717) is 6.54 Å². The van der Waals surface area contributed by atoms with Gasteiger partial charge >= 0.3 is 5.97 Å². The minimum absolute atomic E-state index is 0.132. The number of carbonyl (C=O) groups is 2. The molecule has 3 atom stereocenters. The van der Waals surface area contributed by atoms with Crippen molar-refractivity contribution in [2.75, 3.05) is 19.6 Å². The molecule has 2 aliphatic rings. The quantitative estimate of drug-likeness (QED) is 0.543. The lowest BCUT2D eigenvalue weighted by atomic mass is 10.1. The average molecular weight is 228 g/mol. The van der Waals surface area contributed by atoms with Crippen LogP contribution in [0.3, 0.4) is 0 Å². The van der Waals surface area contributed by atoms with Gasteiger partial charge in [0.2, 0.25) is 5.91 Å². The molecule has 90 valence electrons. The third kappa shape index (κ3) is 2.03. The van der Waals surface area contributed by atoms with E-state index in [2.05, 4.69) is 5.32 Å². The first-order chi connectivity index (χ1) is 7.59. The molecule has 0 aromatic rings. The lowest BCUT2D eigenvalue weighted by Gasteiger charge is -2.24. The SMILES string of the molecule is O=C(O)[C@@H]1C[C@H](O)CN1C(=O)C1CCNC1. The summed E-state index contributed by atoms with van der Waals surface area (Å²) in [5, 5.41) is 21.5. The molecule has 2 aliphatic heterocycles. The van der Waals surface area contributed by atoms with Gasteiger partial charge in [0.05, 0.1) is 12.0 Å². The zero-order chi connectivity index (χ0) is 11.7. The van der Waals surface area contributed by atoms with Crippen LogP contribution in [0.2, 0.25) is 0 Å². The number of rotatable bonds is 2. The number of amides is 1. The number of aliphatic hydroxyl groups is 1. The molecule has 2 heterocycles. The molecule has 6 nitrogen and oxygen atoms in total. The maximum Gasteiger partial charge on any atom is 0.326 e. The number of nitrogens with one attached hydrogen (secondary N) is 1. The number of hydrogen-bond donors (Lipinski definition) is 3. The number of carboxylic acids is 1. The van der Waals surface area contributed by atoms with Crippen LogP contribution < -0.4 is 5.32 Å². The lowest BCUT2D eigenvalue weighted by Crippen LogP contribution is -2.44. The van der Waals surface area contributed by atoms with E-state index in [-0.39, 0.29) is 24.8 Å². The Morgan fingerprint density at radius 2 is 2.12 bits per heavy atom. The summed E-state index contributed by atoms with van der Waals surface area (Å²) in [6.45, 7) is 1.55. The van der Waals surface area contributed by atoms with Gasteiger partial charge in [0, 0.05) is 19.5 Å². The molecular formula is C10H16N2O4. The van der Waals surface area contributed by atoms with Crippen molar-refractivity contribution in [1.82, 2.24) is 10.2 Å². The number of carboxylic acid groups (broad SMARTS) is 1. The monoisotopic (exact) mass is 228 g/mol. The summed E-state index contributed by atoms with van der Waals surface area (Å²) in [4.78, 5) is 24.3. The fourth-order valence-electron chi connectivity index (χ4n) is 2.39. The number of carbonyl (C=O) groups excluding carboxylic acids is 1. The number of β-amino-alcohol motifs (C(OH)–C–C–N with tert-alkyl or cyclic N) is 1. The third-order valence-electron chi connectivity index (χ3n) is 3.26. The third-order valence-corrected chi connectivity index (χ3v) is 3.26. The molecule has 6 heteroatoms. The van der Waals surface area contributed by atoms with E-state index in [0.717, 1.165) is 13.0 Å². The van der Waals surface area contributed by atoms with Crippen LogP contribution in [-0.2, 0) is 9.59 Å². The van der Waals surface area contributed by atoms with Gasteiger partial charge < -0.3 is 20.4 Å². The van der Waals surface area contributed by atoms with Crippen LogP contribution >= 0.6 is 0 Å². The van der Waals surface area contributed by atoms with Gasteiger partial charge in [-0.1, -0.05) is 0 Å². The highest BCUT2D eigenvalue weighted by molar-refractivity contribution is 5.86. The van der Waals surface area contributed by atoms with Gasteiger partial charge in [-0.25, -0.2) is 4.79 Å². The minimum Gasteiger partial charge on any atom is -0.480 e. The highest BCUT2D eigenvalue weighted by atomic mass is 16.4. The first-order valence-electron chi connectivity index (χ1n) is 5.51. The van der Waals surface area contributed by atoms with E-state index in [1.807, 2.05) is 0 Å². The predicted octanol–water partition coefficient (Wildman–Crippen LogP) is -1.36. The molecule has 16 heavy (non-hydrogen) atoms. The fourth-order valence-corrected chi connectivity index (χ4v) is 2.39. The normalized spacial score (nSPS) is 34.3. The molecule has 1 amide bonds. The van der Waals surface area contributed by atoms with Crippen molar-refractivity contribution in [2.45, 2.75) is 25.0 Å². The van der Waals surface area contributed by atoms with Gasteiger partial charge in [-0.05, 0) is 13.0 Å². The Kier molecular flexibility index (Phi) is 3.11. The van der Waals surface area contributed by atoms with Gasteiger partial charge in [0.15, 0.2) is 0 Å². The smallest absolute Gasteiger partial charge is 0.326 e. The molecule has 0 aliphatic carbocycles. The number of hydrogen-bond acceptors (Lipinski definition) is 4. The molecule has 0 aromatic heterocycles. The van der Waals surface area contributed by atoms with Crippen molar-refractivity contribution in [2.24, 2.45) is 5.92 Å². The van der Waals surface area contributed by atoms with Gasteiger partial charge in [0.25, 0.3) is 0 Å². The van der Waals surface area contributed by atoms with Crippen LogP contribution in [0.15, 0.2) is 0 Å². The van der Waals surface area contributed by atoms with Crippen LogP contribution in [-0.4, -0.2) is 58.8 Å². The van der Waals surface area contributed by atoms with Crippen LogP contribution in [0.5, 0.6) is 0 Å². The molecule has 0 radical (unpaired) electrons. The molecule has 1 unspecified atom stereocenters. The largest absolute Gasteiger partial charge is 0.480 e. The summed E-state index contributed by atoms with van der Waals surface area (Å²) < 4.78 is 0. The lowest BCUT2D eigenvalue weighted by molar-refractivity contribution is -0.149. The Labute approximate surface area is 93.2 Å². The second kappa shape index (κ2) is 4.39. The molecule has 2 rings (SSSR count). The summed E-state index contributed by atoms with van der Waals surface area (Å²) in [5.74, 6) is -1.31. The van der Waals surface area contributed by atoms with Crippen LogP contribution in [0.25, 0.3) is 0 Å². The molecule has 0 aromatic carbocycles. The molecule has 2 fully saturated rings. The second-order valence-corrected chi connectivity index (χ2v) is 4.42. The minimum atomic E-state index is -1.03. The molecule has 0 saturated carbocycles. The van der Waals surface area contributed by atoms with Crippen molar-refractivity contribution < 1.29 is 19.8 Å². The molecular weight excluding hydrogens is 212 g/mol. The van der Waals surface area contributed by atoms with E-state index in [1.54, 1.807) is 0 Å². The van der Waals surface area contributed by atoms with Gasteiger partial charge in [-0.15, -0.1) is 0 Å². The highest BCUT2D eigenvalue weighted by Gasteiger charge is 2.41. The van der Waals surface area contributed by atoms with Crippen LogP contribution in [0, 0.1) is 5.92 Å². The Balaban J connectivity index is 2.06. The first kappa shape index (κ1) is 11.3. The summed E-state index contributed by atoms with van der Waals surface area (Å²) in [5.41, 5.74) is 0. The highest BCUT2D eigenvalue weighted by Crippen LogP contribution is 2.22. The van der Waals surface area contributed by atoms with Gasteiger partial charge in [0.1, 0.15) is 6.04 Å². The maximum absolute atomic E-state index is 12.0. The van der Waals surface area contributed by atoms with E-state index >= 15 is 0 Å². The summed E-state index contributed by atoms with van der Waals surface area (Å²) >= 11 is 0. The van der Waals surface area contributed by atoms with Gasteiger partial charge in [-0.3, -0.25) is 4.79 Å². The molecule has 3 N–H and O–H groups in total. The van der Waals surface area contributed by atoms with Crippen LogP contribution in [0.1, 0.15) is 12.8 Å². The van der Waals surface area contributed by atoms with Crippen molar-refractivity contribution in [3.8, 4) is 0 Å². The first-order valence-corrected chi connectivity index (χ1v) is 5.51. The number of likely N-dealkylation sites (tertiary alicyclic amines) is 1. The molecule has 0 spiro atoms. The Bertz CT molecular complexity index is 301. The fraction of sp³-hybridized carbons (Fsp3) is 0.800. The predicted molar refractivity (Wildman–Crippen MR) is 54.7 cm³/mol. The van der Waals surface area contributed by atoms with E-state index in [1.165, 1.54) is 4.90 Å². The summed E-state index contributed by atoms with van der Waals surface area (Å²) in [6.07, 6.45) is 0.179. The average Bonchev–Trinajstić information content (AvgIpc) is 2.84. The van der Waals surface area contributed by atoms with E-state index < -0.39 is 18.1 Å². The molecule has 0 bridgehead atoms. The van der Waals surface area contributed by atoms with Crippen LogP contribution in [0.4, 0.5) is 0 Å². The maximum atomic E-state index is 12.0. The Morgan fingerprint density at radius 1 is 1.38 bits per heavy atom. The number of nitrogens with zero attached hydrogens (tertiary/aromatic N) is 1. The van der Waals surface area contributed by atoms with Crippen molar-refractivity contribution in [1.29, 1.82) is 0 Å². The summed E-state index contributed by atoms with van der Waals surface area (Å²) in [6, 6.07) is -0.858. The zero-order valence-electron chi connectivity index (χ0n) is 8.93. The van der Waals surface area contributed by atoms with Crippen molar-refractivity contribution in [3.05, 3.63) is 0 Å². The Hall–Kier alpha value is -1.14. The zero-order valence-corrected chi connectivity index (χ0v) is 8.93. The standard InChI is InChI=1S/C10H16N2O4/c13-7-3-8(10(15)16)12(5-7)9(14)6-1-2-11-4-6/h6-8,11,13H,1-5H2,(H,15,16)/t6?,7-,8-/m0/s1. The topological polar surface area (TPSA) is 89.9 Å². The van der Waals surface area contributed by atoms with Crippen molar-refractivity contribution in [3.63, 3.8) is 0 Å². The van der Waals surface area contributed by atoms with Gasteiger partial charge in [-0.2, -0.15) is 0 Å². The number of aliphatic carboxylic acids is 1. The van der Waals surface area contributed by atoms with Crippen molar-refractivity contribution >= 4 is 11.9 Å². The second-order valence-electron chi connectivity index (χ2n) is 4.42. The van der Waals surface area contributed by atoms with E-state index in [4.69, 9.17) is 5.11 Å². The Morgan fingerprint density at radius 3 is 2.69 bits per heavy atom. The summed E-state index contributed by atoms with van der Waals surface area (Å²) in [7, 11) is 0. The number of aliphatic hydroxyl groups excluding tert-OH is 1. The molecule has 2 saturated heterocycles. The van der Waals surface area contributed by atoms with E-state index in [9.17, 15) is 14.7 Å².